The molecule has 0 aliphatic heterocycles. The van der Waals surface area contributed by atoms with Gasteiger partial charge >= 0.3 is 5.97 Å². The highest BCUT2D eigenvalue weighted by Crippen LogP contribution is 2.23. The van der Waals surface area contributed by atoms with E-state index in [2.05, 4.69) is 10.2 Å². The molecule has 0 bridgehead atoms. The summed E-state index contributed by atoms with van der Waals surface area (Å²) in [5.41, 5.74) is 1.52. The molecule has 2 rings (SSSR count). The summed E-state index contributed by atoms with van der Waals surface area (Å²) >= 11 is 0. The Hall–Kier alpha value is -2.11. The molecule has 6 nitrogen and oxygen atoms in total. The molecular formula is C11H14N4O2. The molecular weight excluding hydrogens is 220 g/mol. The van der Waals surface area contributed by atoms with Crippen molar-refractivity contribution in [3.05, 3.63) is 24.2 Å². The molecule has 0 aromatic carbocycles. The van der Waals surface area contributed by atoms with E-state index < -0.39 is 5.97 Å². The molecule has 17 heavy (non-hydrogen) atoms. The number of aromatic nitrogens is 4. The van der Waals surface area contributed by atoms with Crippen molar-refractivity contribution in [3.8, 4) is 11.3 Å². The molecule has 90 valence electrons. The molecule has 0 spiro atoms. The van der Waals surface area contributed by atoms with Gasteiger partial charge in [0.25, 0.3) is 0 Å². The van der Waals surface area contributed by atoms with Crippen LogP contribution in [0.1, 0.15) is 30.2 Å². The van der Waals surface area contributed by atoms with E-state index in [0.717, 1.165) is 5.56 Å². The maximum atomic E-state index is 11.1. The van der Waals surface area contributed by atoms with Crippen LogP contribution in [0.15, 0.2) is 18.6 Å². The fourth-order valence-electron chi connectivity index (χ4n) is 1.68. The molecule has 0 unspecified atom stereocenters. The van der Waals surface area contributed by atoms with Crippen LogP contribution in [0, 0.1) is 0 Å². The van der Waals surface area contributed by atoms with E-state index in [0.29, 0.717) is 5.69 Å². The first kappa shape index (κ1) is 11.4. The van der Waals surface area contributed by atoms with Crippen molar-refractivity contribution in [1.29, 1.82) is 0 Å². The molecule has 0 aliphatic rings. The van der Waals surface area contributed by atoms with Crippen LogP contribution in [0.3, 0.4) is 0 Å². The largest absolute Gasteiger partial charge is 0.478 e. The van der Waals surface area contributed by atoms with Crippen LogP contribution in [-0.4, -0.2) is 30.6 Å². The summed E-state index contributed by atoms with van der Waals surface area (Å²) in [5.74, 6) is -0.981. The van der Waals surface area contributed by atoms with Gasteiger partial charge in [-0.2, -0.15) is 10.2 Å². The maximum Gasteiger partial charge on any atom is 0.339 e. The van der Waals surface area contributed by atoms with Crippen LogP contribution in [0.4, 0.5) is 0 Å². The van der Waals surface area contributed by atoms with Crippen LogP contribution in [0.25, 0.3) is 11.3 Å². The molecule has 0 fully saturated rings. The third-order valence-electron chi connectivity index (χ3n) is 2.57. The number of aryl methyl sites for hydroxylation is 1. The summed E-state index contributed by atoms with van der Waals surface area (Å²) in [6.45, 7) is 4.02. The number of carbonyl (C=O) groups is 1. The molecule has 0 saturated heterocycles. The minimum absolute atomic E-state index is 0.191. The standard InChI is InChI=1S/C11H14N4O2/c1-7(2)15-6-8(4-13-15)10-9(11(16)17)5-12-14(10)3/h4-7H,1-3H3,(H,16,17). The summed E-state index contributed by atoms with van der Waals surface area (Å²) in [7, 11) is 1.72. The highest BCUT2D eigenvalue weighted by atomic mass is 16.4. The predicted octanol–water partition coefficient (Wildman–Crippen LogP) is 1.56. The molecule has 0 amide bonds. The van der Waals surface area contributed by atoms with Gasteiger partial charge in [0.15, 0.2) is 0 Å². The van der Waals surface area contributed by atoms with Crippen molar-refractivity contribution in [1.82, 2.24) is 19.6 Å². The van der Waals surface area contributed by atoms with E-state index in [4.69, 9.17) is 5.11 Å². The van der Waals surface area contributed by atoms with E-state index in [1.165, 1.54) is 6.20 Å². The Morgan fingerprint density at radius 2 is 2.06 bits per heavy atom. The quantitative estimate of drug-likeness (QED) is 0.874. The topological polar surface area (TPSA) is 72.9 Å². The Labute approximate surface area is 98.5 Å². The van der Waals surface area contributed by atoms with Gasteiger partial charge in [0, 0.05) is 24.8 Å². The normalized spacial score (nSPS) is 11.1. The zero-order chi connectivity index (χ0) is 12.6. The lowest BCUT2D eigenvalue weighted by Gasteiger charge is -2.03. The molecule has 2 aromatic rings. The molecule has 1 N–H and O–H groups in total. The number of hydrogen-bond donors (Lipinski definition) is 1. The second-order valence-electron chi connectivity index (χ2n) is 4.14. The van der Waals surface area contributed by atoms with Crippen molar-refractivity contribution in [2.24, 2.45) is 7.05 Å². The fraction of sp³-hybridized carbons (Fsp3) is 0.364. The maximum absolute atomic E-state index is 11.1. The summed E-state index contributed by atoms with van der Waals surface area (Å²) in [5, 5.41) is 17.2. The Morgan fingerprint density at radius 3 is 2.59 bits per heavy atom. The second kappa shape index (κ2) is 4.04. The molecule has 0 atom stereocenters. The van der Waals surface area contributed by atoms with Gasteiger partial charge in [-0.05, 0) is 13.8 Å². The summed E-state index contributed by atoms with van der Waals surface area (Å²) in [6, 6.07) is 0.241. The lowest BCUT2D eigenvalue weighted by atomic mass is 10.1. The third kappa shape index (κ3) is 1.93. The van der Waals surface area contributed by atoms with Crippen LogP contribution < -0.4 is 0 Å². The highest BCUT2D eigenvalue weighted by molar-refractivity contribution is 5.94. The van der Waals surface area contributed by atoms with Crippen LogP contribution in [0.2, 0.25) is 0 Å². The average molecular weight is 234 g/mol. The number of hydrogen-bond acceptors (Lipinski definition) is 3. The number of carboxylic acids is 1. The van der Waals surface area contributed by atoms with Gasteiger partial charge < -0.3 is 5.11 Å². The highest BCUT2D eigenvalue weighted by Gasteiger charge is 2.18. The monoisotopic (exact) mass is 234 g/mol. The number of rotatable bonds is 3. The van der Waals surface area contributed by atoms with Crippen molar-refractivity contribution in [2.45, 2.75) is 19.9 Å². The van der Waals surface area contributed by atoms with Gasteiger partial charge in [-0.15, -0.1) is 0 Å². The molecule has 0 saturated carbocycles. The minimum Gasteiger partial charge on any atom is -0.478 e. The SMILES string of the molecule is CC(C)n1cc(-c2c(C(=O)O)cnn2C)cn1. The zero-order valence-electron chi connectivity index (χ0n) is 9.95. The third-order valence-corrected chi connectivity index (χ3v) is 2.57. The Bertz CT molecular complexity index is 554. The summed E-state index contributed by atoms with van der Waals surface area (Å²) in [6.07, 6.45) is 4.84. The molecule has 2 heterocycles. The first-order valence-electron chi connectivity index (χ1n) is 5.30. The van der Waals surface area contributed by atoms with E-state index in [1.807, 2.05) is 20.0 Å². The molecule has 0 radical (unpaired) electrons. The van der Waals surface area contributed by atoms with Crippen LogP contribution >= 0.6 is 0 Å². The van der Waals surface area contributed by atoms with Crippen molar-refractivity contribution in [2.75, 3.05) is 0 Å². The average Bonchev–Trinajstić information content (AvgIpc) is 2.82. The predicted molar refractivity (Wildman–Crippen MR) is 61.8 cm³/mol. The number of carboxylic acid groups (broad SMARTS) is 1. The first-order chi connectivity index (χ1) is 8.00. The van der Waals surface area contributed by atoms with Gasteiger partial charge in [0.1, 0.15) is 5.56 Å². The lowest BCUT2D eigenvalue weighted by molar-refractivity contribution is 0.0697. The van der Waals surface area contributed by atoms with Crippen molar-refractivity contribution >= 4 is 5.97 Å². The van der Waals surface area contributed by atoms with Crippen molar-refractivity contribution < 1.29 is 9.90 Å². The van der Waals surface area contributed by atoms with Gasteiger partial charge in [-0.3, -0.25) is 9.36 Å². The van der Waals surface area contributed by atoms with Gasteiger partial charge in [0.05, 0.1) is 18.1 Å². The van der Waals surface area contributed by atoms with E-state index in [1.54, 1.807) is 22.6 Å². The zero-order valence-corrected chi connectivity index (χ0v) is 9.95. The Balaban J connectivity index is 2.52. The summed E-state index contributed by atoms with van der Waals surface area (Å²) < 4.78 is 3.33. The number of nitrogens with zero attached hydrogens (tertiary/aromatic N) is 4. The Morgan fingerprint density at radius 1 is 1.35 bits per heavy atom. The van der Waals surface area contributed by atoms with Crippen molar-refractivity contribution in [3.63, 3.8) is 0 Å². The van der Waals surface area contributed by atoms with Gasteiger partial charge in [0.2, 0.25) is 0 Å². The Kier molecular flexibility index (Phi) is 2.71. The van der Waals surface area contributed by atoms with E-state index >= 15 is 0 Å². The molecule has 6 heteroatoms. The van der Waals surface area contributed by atoms with E-state index in [-0.39, 0.29) is 11.6 Å². The lowest BCUT2D eigenvalue weighted by Crippen LogP contribution is -2.01. The van der Waals surface area contributed by atoms with Crippen LogP contribution in [-0.2, 0) is 7.05 Å². The van der Waals surface area contributed by atoms with Crippen LogP contribution in [0.5, 0.6) is 0 Å². The smallest absolute Gasteiger partial charge is 0.339 e. The molecule has 2 aromatic heterocycles. The minimum atomic E-state index is -0.981. The number of aromatic carboxylic acids is 1. The van der Waals surface area contributed by atoms with E-state index in [9.17, 15) is 4.79 Å². The summed E-state index contributed by atoms with van der Waals surface area (Å²) in [4.78, 5) is 11.1. The fourth-order valence-corrected chi connectivity index (χ4v) is 1.68. The van der Waals surface area contributed by atoms with Gasteiger partial charge in [-0.1, -0.05) is 0 Å². The molecule has 0 aliphatic carbocycles. The van der Waals surface area contributed by atoms with Gasteiger partial charge in [-0.25, -0.2) is 4.79 Å². The second-order valence-corrected chi connectivity index (χ2v) is 4.14. The first-order valence-corrected chi connectivity index (χ1v) is 5.30.